The molecule has 0 aliphatic carbocycles. The molecule has 1 atom stereocenters. The smallest absolute Gasteiger partial charge is 0.262 e. The zero-order chi connectivity index (χ0) is 16.9. The lowest BCUT2D eigenvalue weighted by molar-refractivity contribution is 0.0914. The average molecular weight is 346 g/mol. The number of aliphatic hydroxyl groups is 1. The molecule has 7 heteroatoms. The minimum atomic E-state index is -0.813. The molecule has 0 saturated heterocycles. The zero-order valence-electron chi connectivity index (χ0n) is 13.2. The lowest BCUT2D eigenvalue weighted by Gasteiger charge is -2.14. The van der Waals surface area contributed by atoms with E-state index in [4.69, 9.17) is 9.47 Å². The van der Waals surface area contributed by atoms with Gasteiger partial charge in [-0.05, 0) is 42.6 Å². The quantitative estimate of drug-likeness (QED) is 0.711. The Balaban J connectivity index is 1.59. The van der Waals surface area contributed by atoms with E-state index in [1.54, 1.807) is 18.2 Å². The molecular weight excluding hydrogens is 328 g/mol. The van der Waals surface area contributed by atoms with Gasteiger partial charge < -0.3 is 14.6 Å². The predicted molar refractivity (Wildman–Crippen MR) is 93.0 cm³/mol. The van der Waals surface area contributed by atoms with Crippen molar-refractivity contribution in [1.29, 1.82) is 0 Å². The number of rotatable bonds is 7. The highest BCUT2D eigenvalue weighted by Crippen LogP contribution is 2.18. The Hall–Kier alpha value is -2.38. The molecule has 0 amide bonds. The summed E-state index contributed by atoms with van der Waals surface area (Å²) in [6.45, 7) is 2.75. The molecule has 126 valence electrons. The van der Waals surface area contributed by atoms with E-state index in [-0.39, 0.29) is 18.7 Å². The molecule has 0 bridgehead atoms. The van der Waals surface area contributed by atoms with Crippen LogP contribution in [-0.2, 0) is 6.54 Å². The second-order valence-corrected chi connectivity index (χ2v) is 6.11. The van der Waals surface area contributed by atoms with Crippen LogP contribution in [0, 0.1) is 0 Å². The first-order valence-electron chi connectivity index (χ1n) is 7.63. The molecule has 3 aromatic rings. The van der Waals surface area contributed by atoms with Gasteiger partial charge in [-0.15, -0.1) is 11.3 Å². The largest absolute Gasteiger partial charge is 0.494 e. The van der Waals surface area contributed by atoms with Crippen molar-refractivity contribution in [1.82, 2.24) is 9.55 Å². The van der Waals surface area contributed by atoms with Gasteiger partial charge in [0.25, 0.3) is 5.56 Å². The Labute approximate surface area is 142 Å². The maximum atomic E-state index is 12.3. The van der Waals surface area contributed by atoms with Crippen molar-refractivity contribution in [2.24, 2.45) is 0 Å². The summed E-state index contributed by atoms with van der Waals surface area (Å²) in [6.07, 6.45) is 0.647. The van der Waals surface area contributed by atoms with E-state index in [9.17, 15) is 9.90 Å². The van der Waals surface area contributed by atoms with Gasteiger partial charge in [-0.1, -0.05) is 0 Å². The topological polar surface area (TPSA) is 73.6 Å². The zero-order valence-corrected chi connectivity index (χ0v) is 14.0. The molecule has 0 fully saturated rings. The molecule has 0 unspecified atom stereocenters. The van der Waals surface area contributed by atoms with Gasteiger partial charge in [0, 0.05) is 0 Å². The number of ether oxygens (including phenoxy) is 2. The van der Waals surface area contributed by atoms with Crippen LogP contribution in [0.5, 0.6) is 11.5 Å². The second-order valence-electron chi connectivity index (χ2n) is 5.21. The van der Waals surface area contributed by atoms with Gasteiger partial charge in [0.1, 0.15) is 29.0 Å². The van der Waals surface area contributed by atoms with Crippen molar-refractivity contribution in [3.63, 3.8) is 0 Å². The molecule has 0 aliphatic rings. The number of thiophene rings is 1. The molecular formula is C17H18N2O4S. The summed E-state index contributed by atoms with van der Waals surface area (Å²) >= 11 is 1.42. The van der Waals surface area contributed by atoms with E-state index in [1.807, 2.05) is 24.4 Å². The second kappa shape index (κ2) is 7.46. The van der Waals surface area contributed by atoms with E-state index in [0.29, 0.717) is 22.6 Å². The van der Waals surface area contributed by atoms with Crippen LogP contribution in [0.25, 0.3) is 10.2 Å². The number of nitrogens with zero attached hydrogens (tertiary/aromatic N) is 2. The highest BCUT2D eigenvalue weighted by Gasteiger charge is 2.11. The van der Waals surface area contributed by atoms with E-state index < -0.39 is 6.10 Å². The number of hydrogen-bond donors (Lipinski definition) is 1. The fraction of sp³-hybridized carbons (Fsp3) is 0.294. The molecule has 2 heterocycles. The van der Waals surface area contributed by atoms with Crippen LogP contribution in [0.1, 0.15) is 6.92 Å². The van der Waals surface area contributed by atoms with E-state index in [1.165, 1.54) is 22.2 Å². The Kier molecular flexibility index (Phi) is 5.12. The Bertz CT molecular complexity index is 857. The highest BCUT2D eigenvalue weighted by atomic mass is 32.1. The SMILES string of the molecule is CCOc1ccc(OC[C@@H](O)Cn2cnc3sccc3c2=O)cc1. The lowest BCUT2D eigenvalue weighted by Crippen LogP contribution is -2.30. The van der Waals surface area contributed by atoms with Crippen molar-refractivity contribution < 1.29 is 14.6 Å². The van der Waals surface area contributed by atoms with Crippen LogP contribution in [0.4, 0.5) is 0 Å². The first-order valence-corrected chi connectivity index (χ1v) is 8.51. The number of aromatic nitrogens is 2. The van der Waals surface area contributed by atoms with Gasteiger partial charge in [-0.25, -0.2) is 4.98 Å². The summed E-state index contributed by atoms with van der Waals surface area (Å²) in [4.78, 5) is 17.2. The van der Waals surface area contributed by atoms with Crippen LogP contribution in [-0.4, -0.2) is 34.0 Å². The Morgan fingerprint density at radius 1 is 1.21 bits per heavy atom. The lowest BCUT2D eigenvalue weighted by atomic mass is 10.3. The number of hydrogen-bond acceptors (Lipinski definition) is 6. The average Bonchev–Trinajstić information content (AvgIpc) is 3.07. The van der Waals surface area contributed by atoms with Crippen LogP contribution in [0.3, 0.4) is 0 Å². The highest BCUT2D eigenvalue weighted by molar-refractivity contribution is 7.16. The standard InChI is InChI=1S/C17H18N2O4S/c1-2-22-13-3-5-14(6-4-13)23-10-12(20)9-19-11-18-16-15(17(19)21)7-8-24-16/h3-8,11-12,20H,2,9-10H2,1H3/t12-/m0/s1. The molecule has 0 aliphatic heterocycles. The molecule has 0 radical (unpaired) electrons. The van der Waals surface area contributed by atoms with Gasteiger partial charge in [0.2, 0.25) is 0 Å². The Morgan fingerprint density at radius 3 is 2.62 bits per heavy atom. The van der Waals surface area contributed by atoms with Crippen molar-refractivity contribution in [3.8, 4) is 11.5 Å². The molecule has 0 spiro atoms. The summed E-state index contributed by atoms with van der Waals surface area (Å²) in [7, 11) is 0. The summed E-state index contributed by atoms with van der Waals surface area (Å²) in [5.41, 5.74) is -0.152. The third kappa shape index (κ3) is 3.74. The first-order chi connectivity index (χ1) is 11.7. The molecule has 24 heavy (non-hydrogen) atoms. The monoisotopic (exact) mass is 346 g/mol. The van der Waals surface area contributed by atoms with Crippen molar-refractivity contribution >= 4 is 21.6 Å². The van der Waals surface area contributed by atoms with Gasteiger partial charge in [-0.3, -0.25) is 9.36 Å². The number of benzene rings is 1. The van der Waals surface area contributed by atoms with Crippen LogP contribution < -0.4 is 15.0 Å². The minimum Gasteiger partial charge on any atom is -0.494 e. The van der Waals surface area contributed by atoms with Gasteiger partial charge >= 0.3 is 0 Å². The van der Waals surface area contributed by atoms with E-state index in [2.05, 4.69) is 4.98 Å². The van der Waals surface area contributed by atoms with Crippen molar-refractivity contribution in [2.75, 3.05) is 13.2 Å². The molecule has 1 N–H and O–H groups in total. The molecule has 6 nitrogen and oxygen atoms in total. The molecule has 0 saturated carbocycles. The third-order valence-corrected chi connectivity index (χ3v) is 4.26. The third-order valence-electron chi connectivity index (χ3n) is 3.43. The normalized spacial score (nSPS) is 12.2. The van der Waals surface area contributed by atoms with Gasteiger partial charge in [0.05, 0.1) is 24.9 Å². The van der Waals surface area contributed by atoms with Crippen molar-refractivity contribution in [3.05, 3.63) is 52.4 Å². The summed E-state index contributed by atoms with van der Waals surface area (Å²) < 4.78 is 12.3. The summed E-state index contributed by atoms with van der Waals surface area (Å²) in [5.74, 6) is 1.41. The predicted octanol–water partition coefficient (Wildman–Crippen LogP) is 2.30. The minimum absolute atomic E-state index is 0.0854. The summed E-state index contributed by atoms with van der Waals surface area (Å²) in [6, 6.07) is 8.93. The van der Waals surface area contributed by atoms with E-state index in [0.717, 1.165) is 5.75 Å². The van der Waals surface area contributed by atoms with Gasteiger partial charge in [0.15, 0.2) is 0 Å². The fourth-order valence-electron chi connectivity index (χ4n) is 2.29. The molecule has 1 aromatic carbocycles. The molecule has 3 rings (SSSR count). The van der Waals surface area contributed by atoms with Gasteiger partial charge in [-0.2, -0.15) is 0 Å². The summed E-state index contributed by atoms with van der Waals surface area (Å²) in [5, 5.41) is 12.5. The maximum absolute atomic E-state index is 12.3. The van der Waals surface area contributed by atoms with Crippen LogP contribution in [0.15, 0.2) is 46.8 Å². The number of aliphatic hydroxyl groups excluding tert-OH is 1. The maximum Gasteiger partial charge on any atom is 0.262 e. The van der Waals surface area contributed by atoms with Crippen LogP contribution >= 0.6 is 11.3 Å². The first kappa shape index (κ1) is 16.5. The van der Waals surface area contributed by atoms with Crippen molar-refractivity contribution in [2.45, 2.75) is 19.6 Å². The fourth-order valence-corrected chi connectivity index (χ4v) is 3.02. The molecule has 2 aromatic heterocycles. The Morgan fingerprint density at radius 2 is 1.92 bits per heavy atom. The number of fused-ring (bicyclic) bond motifs is 1. The van der Waals surface area contributed by atoms with Crippen LogP contribution in [0.2, 0.25) is 0 Å². The van der Waals surface area contributed by atoms with E-state index >= 15 is 0 Å².